The fourth-order valence-electron chi connectivity index (χ4n) is 2.04. The number of amides is 1. The molecule has 6 heteroatoms. The first kappa shape index (κ1) is 20.2. The van der Waals surface area contributed by atoms with Crippen LogP contribution in [0.15, 0.2) is 30.3 Å². The third-order valence-corrected chi connectivity index (χ3v) is 3.52. The molecular weight excluding hydrogens is 330 g/mol. The monoisotopic (exact) mass is 353 g/mol. The van der Waals surface area contributed by atoms with E-state index >= 15 is 0 Å². The molecule has 0 bridgehead atoms. The summed E-state index contributed by atoms with van der Waals surface area (Å²) in [5.41, 5.74) is 0.884. The molecule has 1 aromatic carbocycles. The number of benzene rings is 1. The van der Waals surface area contributed by atoms with Gasteiger partial charge in [-0.15, -0.1) is 0 Å². The van der Waals surface area contributed by atoms with Crippen LogP contribution < -0.4 is 0 Å². The average Bonchev–Trinajstić information content (AvgIpc) is 2.57. The summed E-state index contributed by atoms with van der Waals surface area (Å²) in [5.74, 6) is -0.450. The van der Waals surface area contributed by atoms with Crippen molar-refractivity contribution in [3.8, 4) is 0 Å². The smallest absolute Gasteiger partial charge is 0.307 e. The van der Waals surface area contributed by atoms with Gasteiger partial charge in [0.2, 0.25) is 5.91 Å². The Bertz CT molecular complexity index is 542. The van der Waals surface area contributed by atoms with Crippen LogP contribution in [0.25, 0.3) is 6.08 Å². The zero-order chi connectivity index (χ0) is 17.8. The van der Waals surface area contributed by atoms with Gasteiger partial charge in [0.1, 0.15) is 0 Å². The van der Waals surface area contributed by atoms with Gasteiger partial charge >= 0.3 is 5.97 Å². The molecule has 0 fully saturated rings. The summed E-state index contributed by atoms with van der Waals surface area (Å²) >= 11 is 5.84. The Kier molecular flexibility index (Phi) is 9.80. The highest BCUT2D eigenvalue weighted by Gasteiger charge is 2.13. The molecule has 0 N–H and O–H groups in total. The lowest BCUT2D eigenvalue weighted by atomic mass is 10.2. The quantitative estimate of drug-likeness (QED) is 0.368. The van der Waals surface area contributed by atoms with Gasteiger partial charge in [0.25, 0.3) is 0 Å². The summed E-state index contributed by atoms with van der Waals surface area (Å²) in [4.78, 5) is 25.5. The second-order valence-electron chi connectivity index (χ2n) is 5.11. The number of halogens is 1. The van der Waals surface area contributed by atoms with Gasteiger partial charge in [-0.1, -0.05) is 23.7 Å². The normalized spacial score (nSPS) is 10.8. The van der Waals surface area contributed by atoms with Gasteiger partial charge < -0.3 is 14.4 Å². The Balaban J connectivity index is 2.63. The molecule has 0 radical (unpaired) electrons. The number of hydrogen-bond donors (Lipinski definition) is 0. The van der Waals surface area contributed by atoms with E-state index in [1.807, 2.05) is 12.1 Å². The molecule has 1 amide bonds. The van der Waals surface area contributed by atoms with E-state index in [1.165, 1.54) is 6.08 Å². The van der Waals surface area contributed by atoms with Crippen LogP contribution in [-0.2, 0) is 19.1 Å². The molecule has 0 aromatic heterocycles. The van der Waals surface area contributed by atoms with E-state index in [2.05, 4.69) is 0 Å². The first-order valence-corrected chi connectivity index (χ1v) is 8.31. The van der Waals surface area contributed by atoms with Crippen molar-refractivity contribution in [2.75, 3.05) is 33.4 Å². The molecule has 0 aliphatic carbocycles. The number of ether oxygens (including phenoxy) is 2. The van der Waals surface area contributed by atoms with Gasteiger partial charge in [-0.2, -0.15) is 0 Å². The van der Waals surface area contributed by atoms with Crippen LogP contribution in [0.1, 0.15) is 25.3 Å². The molecular formula is C18H24ClNO4. The molecule has 0 spiro atoms. The molecule has 0 aliphatic rings. The Hall–Kier alpha value is -1.85. The molecule has 24 heavy (non-hydrogen) atoms. The summed E-state index contributed by atoms with van der Waals surface area (Å²) in [6.07, 6.45) is 4.12. The largest absolute Gasteiger partial charge is 0.466 e. The van der Waals surface area contributed by atoms with Crippen molar-refractivity contribution < 1.29 is 19.1 Å². The van der Waals surface area contributed by atoms with Crippen LogP contribution in [0, 0.1) is 0 Å². The van der Waals surface area contributed by atoms with Gasteiger partial charge in [-0.05, 0) is 37.1 Å². The number of hydrogen-bond acceptors (Lipinski definition) is 4. The van der Waals surface area contributed by atoms with Gasteiger partial charge in [-0.3, -0.25) is 9.59 Å². The van der Waals surface area contributed by atoms with Crippen LogP contribution in [0.3, 0.4) is 0 Å². The number of methoxy groups -OCH3 is 1. The minimum atomic E-state index is -0.302. The molecule has 132 valence electrons. The highest BCUT2D eigenvalue weighted by atomic mass is 35.5. The van der Waals surface area contributed by atoms with E-state index in [1.54, 1.807) is 37.1 Å². The number of esters is 1. The Morgan fingerprint density at radius 2 is 1.92 bits per heavy atom. The topological polar surface area (TPSA) is 55.8 Å². The van der Waals surface area contributed by atoms with Gasteiger partial charge in [0.15, 0.2) is 0 Å². The van der Waals surface area contributed by atoms with Crippen LogP contribution in [0.2, 0.25) is 5.02 Å². The third kappa shape index (κ3) is 8.13. The fourth-order valence-corrected chi connectivity index (χ4v) is 2.16. The van der Waals surface area contributed by atoms with Crippen LogP contribution in [0.5, 0.6) is 0 Å². The van der Waals surface area contributed by atoms with Crippen molar-refractivity contribution >= 4 is 29.6 Å². The molecule has 0 aliphatic heterocycles. The van der Waals surface area contributed by atoms with Crippen molar-refractivity contribution in [2.45, 2.75) is 19.8 Å². The Morgan fingerprint density at radius 1 is 1.21 bits per heavy atom. The number of carbonyl (C=O) groups excluding carboxylic acids is 2. The average molecular weight is 354 g/mol. The molecule has 1 rings (SSSR count). The van der Waals surface area contributed by atoms with Crippen LogP contribution in [-0.4, -0.2) is 50.2 Å². The zero-order valence-electron chi connectivity index (χ0n) is 14.2. The predicted molar refractivity (Wildman–Crippen MR) is 94.8 cm³/mol. The molecule has 0 saturated carbocycles. The molecule has 0 unspecified atom stereocenters. The minimum Gasteiger partial charge on any atom is -0.466 e. The zero-order valence-corrected chi connectivity index (χ0v) is 14.9. The predicted octanol–water partition coefficient (Wildman–Crippen LogP) is 3.17. The highest BCUT2D eigenvalue weighted by Crippen LogP contribution is 2.11. The van der Waals surface area contributed by atoms with Crippen LogP contribution in [0.4, 0.5) is 0 Å². The maximum atomic E-state index is 12.4. The Morgan fingerprint density at radius 3 is 2.54 bits per heavy atom. The SMILES string of the molecule is CCOC(=O)CCN(CCCOC)C(=O)/C=C/c1ccc(Cl)cc1. The number of carbonyl (C=O) groups is 2. The number of rotatable bonds is 10. The first-order valence-electron chi connectivity index (χ1n) is 7.94. The lowest BCUT2D eigenvalue weighted by molar-refractivity contribution is -0.143. The number of nitrogens with zero attached hydrogens (tertiary/aromatic N) is 1. The molecule has 5 nitrogen and oxygen atoms in total. The van der Waals surface area contributed by atoms with Gasteiger partial charge in [-0.25, -0.2) is 0 Å². The van der Waals surface area contributed by atoms with E-state index in [9.17, 15) is 9.59 Å². The van der Waals surface area contributed by atoms with E-state index in [0.717, 1.165) is 5.56 Å². The summed E-state index contributed by atoms with van der Waals surface area (Å²) in [7, 11) is 1.62. The summed E-state index contributed by atoms with van der Waals surface area (Å²) < 4.78 is 9.92. The summed E-state index contributed by atoms with van der Waals surface area (Å²) in [5, 5.41) is 0.647. The molecule has 1 aromatic rings. The summed E-state index contributed by atoms with van der Waals surface area (Å²) in [6, 6.07) is 7.20. The van der Waals surface area contributed by atoms with E-state index in [-0.39, 0.29) is 18.3 Å². The fraction of sp³-hybridized carbons (Fsp3) is 0.444. The molecule has 0 heterocycles. The lowest BCUT2D eigenvalue weighted by Crippen LogP contribution is -2.33. The standard InChI is InChI=1S/C18H24ClNO4/c1-3-24-18(22)11-13-20(12-4-14-23-2)17(21)10-7-15-5-8-16(19)9-6-15/h5-10H,3-4,11-14H2,1-2H3/b10-7+. The van der Waals surface area contributed by atoms with Crippen molar-refractivity contribution in [3.63, 3.8) is 0 Å². The molecule has 0 atom stereocenters. The van der Waals surface area contributed by atoms with E-state index in [4.69, 9.17) is 21.1 Å². The minimum absolute atomic E-state index is 0.148. The Labute approximate surface area is 148 Å². The highest BCUT2D eigenvalue weighted by molar-refractivity contribution is 6.30. The second-order valence-corrected chi connectivity index (χ2v) is 5.55. The van der Waals surface area contributed by atoms with Crippen molar-refractivity contribution in [1.29, 1.82) is 0 Å². The van der Waals surface area contributed by atoms with Gasteiger partial charge in [0, 0.05) is 37.9 Å². The van der Waals surface area contributed by atoms with E-state index in [0.29, 0.717) is 37.7 Å². The van der Waals surface area contributed by atoms with E-state index < -0.39 is 0 Å². The third-order valence-electron chi connectivity index (χ3n) is 3.27. The van der Waals surface area contributed by atoms with Crippen molar-refractivity contribution in [2.24, 2.45) is 0 Å². The maximum absolute atomic E-state index is 12.4. The molecule has 0 saturated heterocycles. The second kappa shape index (κ2) is 11.6. The van der Waals surface area contributed by atoms with Crippen molar-refractivity contribution in [3.05, 3.63) is 40.9 Å². The van der Waals surface area contributed by atoms with Crippen LogP contribution >= 0.6 is 11.6 Å². The maximum Gasteiger partial charge on any atom is 0.307 e. The first-order chi connectivity index (χ1) is 11.6. The summed E-state index contributed by atoms with van der Waals surface area (Å²) in [6.45, 7) is 3.51. The lowest BCUT2D eigenvalue weighted by Gasteiger charge is -2.20. The van der Waals surface area contributed by atoms with Crippen molar-refractivity contribution in [1.82, 2.24) is 4.90 Å². The van der Waals surface area contributed by atoms with Gasteiger partial charge in [0.05, 0.1) is 13.0 Å².